The Morgan fingerprint density at radius 2 is 1.65 bits per heavy atom. The molecule has 2 heterocycles. The molecule has 1 atom stereocenters. The number of fused-ring (bicyclic) bond motifs is 1. The SMILES string of the molecule is Cc1ccc(S(=O)(=O)n2ccc3c(C(C)CCC4CCC(CS(=O)(=O)Cl)CC4)ncnc32)cc1. The van der Waals surface area contributed by atoms with Gasteiger partial charge in [-0.1, -0.05) is 37.5 Å². The molecular formula is C24H30ClN3O4S2. The van der Waals surface area contributed by atoms with E-state index in [9.17, 15) is 16.8 Å². The van der Waals surface area contributed by atoms with E-state index in [0.717, 1.165) is 55.2 Å². The van der Waals surface area contributed by atoms with E-state index in [0.29, 0.717) is 11.6 Å². The molecule has 10 heteroatoms. The van der Waals surface area contributed by atoms with Gasteiger partial charge in [-0.3, -0.25) is 0 Å². The Hall–Kier alpha value is -1.97. The normalized spacial score (nSPS) is 20.4. The predicted molar refractivity (Wildman–Crippen MR) is 134 cm³/mol. The first-order valence-electron chi connectivity index (χ1n) is 11.6. The standard InChI is InChI=1S/C24H30ClN3O4S2/c1-17-3-11-21(12-4-17)34(31,32)28-14-13-22-23(26-16-27-24(22)28)18(2)5-6-19-7-9-20(10-8-19)15-33(25,29)30/h3-4,11-14,16,18-20H,5-10,15H2,1-2H3. The van der Waals surface area contributed by atoms with Crippen LogP contribution in [0.3, 0.4) is 0 Å². The molecule has 2 aromatic heterocycles. The summed E-state index contributed by atoms with van der Waals surface area (Å²) in [6, 6.07) is 8.56. The van der Waals surface area contributed by atoms with Crippen LogP contribution >= 0.6 is 10.7 Å². The Labute approximate surface area is 206 Å². The van der Waals surface area contributed by atoms with Crippen LogP contribution in [0.4, 0.5) is 0 Å². The van der Waals surface area contributed by atoms with Gasteiger partial charge in [0, 0.05) is 22.3 Å². The van der Waals surface area contributed by atoms with Crippen molar-refractivity contribution in [1.82, 2.24) is 13.9 Å². The lowest BCUT2D eigenvalue weighted by Crippen LogP contribution is -2.20. The minimum Gasteiger partial charge on any atom is -0.240 e. The second kappa shape index (κ2) is 9.95. The van der Waals surface area contributed by atoms with Gasteiger partial charge in [-0.15, -0.1) is 0 Å². The van der Waals surface area contributed by atoms with E-state index in [1.165, 1.54) is 10.3 Å². The van der Waals surface area contributed by atoms with Crippen LogP contribution in [0, 0.1) is 18.8 Å². The minimum absolute atomic E-state index is 0.0685. The van der Waals surface area contributed by atoms with E-state index >= 15 is 0 Å². The Bertz CT molecular complexity index is 1360. The summed E-state index contributed by atoms with van der Waals surface area (Å²) in [4.78, 5) is 9.02. The smallest absolute Gasteiger partial charge is 0.240 e. The first-order valence-corrected chi connectivity index (χ1v) is 15.5. The molecule has 1 aliphatic rings. The molecule has 1 aliphatic carbocycles. The zero-order valence-corrected chi connectivity index (χ0v) is 21.8. The fourth-order valence-corrected chi connectivity index (χ4v) is 7.68. The van der Waals surface area contributed by atoms with Crippen molar-refractivity contribution in [3.8, 4) is 0 Å². The summed E-state index contributed by atoms with van der Waals surface area (Å²) < 4.78 is 50.3. The van der Waals surface area contributed by atoms with Crippen LogP contribution in [0.25, 0.3) is 11.0 Å². The van der Waals surface area contributed by atoms with Gasteiger partial charge in [0.1, 0.15) is 6.33 Å². The van der Waals surface area contributed by atoms with Crippen molar-refractivity contribution >= 4 is 40.8 Å². The quantitative estimate of drug-likeness (QED) is 0.374. The largest absolute Gasteiger partial charge is 0.269 e. The second-order valence-electron chi connectivity index (χ2n) is 9.50. The molecule has 0 amide bonds. The molecule has 1 aromatic carbocycles. The van der Waals surface area contributed by atoms with E-state index in [1.807, 2.05) is 6.92 Å². The highest BCUT2D eigenvalue weighted by molar-refractivity contribution is 8.13. The van der Waals surface area contributed by atoms with Crippen molar-refractivity contribution < 1.29 is 16.8 Å². The van der Waals surface area contributed by atoms with Gasteiger partial charge < -0.3 is 0 Å². The van der Waals surface area contributed by atoms with Crippen LogP contribution in [0.5, 0.6) is 0 Å². The average molecular weight is 524 g/mol. The number of hydrogen-bond donors (Lipinski definition) is 0. The Morgan fingerprint density at radius 1 is 1.00 bits per heavy atom. The van der Waals surface area contributed by atoms with Crippen molar-refractivity contribution in [3.05, 3.63) is 54.1 Å². The maximum atomic E-state index is 13.2. The lowest BCUT2D eigenvalue weighted by molar-refractivity contribution is 0.271. The number of aryl methyl sites for hydroxylation is 1. The maximum Gasteiger partial charge on any atom is 0.269 e. The molecule has 0 aliphatic heterocycles. The third kappa shape index (κ3) is 5.63. The first kappa shape index (κ1) is 25.1. The summed E-state index contributed by atoms with van der Waals surface area (Å²) in [6.45, 7) is 4.03. The third-order valence-corrected chi connectivity index (χ3v) is 9.86. The van der Waals surface area contributed by atoms with Crippen LogP contribution < -0.4 is 0 Å². The van der Waals surface area contributed by atoms with Gasteiger partial charge in [0.05, 0.1) is 16.3 Å². The molecule has 7 nitrogen and oxygen atoms in total. The van der Waals surface area contributed by atoms with Gasteiger partial charge in [-0.05, 0) is 68.6 Å². The van der Waals surface area contributed by atoms with E-state index in [-0.39, 0.29) is 22.5 Å². The lowest BCUT2D eigenvalue weighted by atomic mass is 9.79. The summed E-state index contributed by atoms with van der Waals surface area (Å²) in [6.07, 6.45) is 8.73. The van der Waals surface area contributed by atoms with Gasteiger partial charge in [0.15, 0.2) is 5.65 Å². The van der Waals surface area contributed by atoms with Gasteiger partial charge in [0.2, 0.25) is 9.05 Å². The molecule has 184 valence electrons. The van der Waals surface area contributed by atoms with Crippen LogP contribution in [0.1, 0.15) is 62.6 Å². The van der Waals surface area contributed by atoms with Gasteiger partial charge in [0.25, 0.3) is 10.0 Å². The summed E-state index contributed by atoms with van der Waals surface area (Å²) in [7, 11) is -1.78. The van der Waals surface area contributed by atoms with Crippen molar-refractivity contribution in [1.29, 1.82) is 0 Å². The molecule has 1 saturated carbocycles. The maximum absolute atomic E-state index is 13.2. The van der Waals surface area contributed by atoms with Gasteiger partial charge in [-0.2, -0.15) is 0 Å². The number of aromatic nitrogens is 3. The summed E-state index contributed by atoms with van der Waals surface area (Å²) in [5, 5.41) is 0.752. The lowest BCUT2D eigenvalue weighted by Gasteiger charge is -2.28. The zero-order chi connectivity index (χ0) is 24.5. The molecule has 1 fully saturated rings. The molecule has 1 unspecified atom stereocenters. The molecule has 34 heavy (non-hydrogen) atoms. The van der Waals surface area contributed by atoms with Crippen LogP contribution in [-0.2, 0) is 19.1 Å². The Morgan fingerprint density at radius 3 is 2.29 bits per heavy atom. The highest BCUT2D eigenvalue weighted by atomic mass is 35.7. The second-order valence-corrected chi connectivity index (χ2v) is 14.1. The summed E-state index contributed by atoms with van der Waals surface area (Å²) in [5.74, 6) is 0.928. The minimum atomic E-state index is -3.76. The molecule has 3 aromatic rings. The fraction of sp³-hybridized carbons (Fsp3) is 0.500. The number of halogens is 1. The molecule has 0 spiro atoms. The average Bonchev–Trinajstić information content (AvgIpc) is 3.23. The Kier molecular flexibility index (Phi) is 7.36. The molecular weight excluding hydrogens is 494 g/mol. The van der Waals surface area contributed by atoms with E-state index in [2.05, 4.69) is 16.9 Å². The zero-order valence-electron chi connectivity index (χ0n) is 19.4. The highest BCUT2D eigenvalue weighted by Gasteiger charge is 2.26. The molecule has 0 N–H and O–H groups in total. The number of nitrogens with zero attached hydrogens (tertiary/aromatic N) is 3. The molecule has 0 radical (unpaired) electrons. The van der Waals surface area contributed by atoms with Crippen LogP contribution in [-0.4, -0.2) is 36.5 Å². The van der Waals surface area contributed by atoms with E-state index in [4.69, 9.17) is 10.7 Å². The summed E-state index contributed by atoms with van der Waals surface area (Å²) >= 11 is 0. The van der Waals surface area contributed by atoms with Gasteiger partial charge in [-0.25, -0.2) is 30.8 Å². The van der Waals surface area contributed by atoms with E-state index in [1.54, 1.807) is 36.5 Å². The van der Waals surface area contributed by atoms with Crippen molar-refractivity contribution in [3.63, 3.8) is 0 Å². The first-order chi connectivity index (χ1) is 16.0. The number of rotatable bonds is 8. The molecule has 0 bridgehead atoms. The third-order valence-electron chi connectivity index (χ3n) is 6.93. The van der Waals surface area contributed by atoms with E-state index < -0.39 is 19.1 Å². The number of hydrogen-bond acceptors (Lipinski definition) is 6. The van der Waals surface area contributed by atoms with Crippen molar-refractivity contribution in [2.24, 2.45) is 11.8 Å². The highest BCUT2D eigenvalue weighted by Crippen LogP contribution is 2.35. The van der Waals surface area contributed by atoms with Gasteiger partial charge >= 0.3 is 0 Å². The van der Waals surface area contributed by atoms with Crippen LogP contribution in [0.15, 0.2) is 47.8 Å². The topological polar surface area (TPSA) is 99.0 Å². The van der Waals surface area contributed by atoms with Crippen molar-refractivity contribution in [2.45, 2.75) is 63.2 Å². The summed E-state index contributed by atoms with van der Waals surface area (Å²) in [5.41, 5.74) is 2.23. The van der Waals surface area contributed by atoms with Crippen LogP contribution in [0.2, 0.25) is 0 Å². The molecule has 0 saturated heterocycles. The fourth-order valence-electron chi connectivity index (χ4n) is 4.95. The molecule has 4 rings (SSSR count). The monoisotopic (exact) mass is 523 g/mol. The van der Waals surface area contributed by atoms with Crippen molar-refractivity contribution in [2.75, 3.05) is 5.75 Å². The Balaban J connectivity index is 1.46. The predicted octanol–water partition coefficient (Wildman–Crippen LogP) is 5.24. The number of benzene rings is 1.